The SMILES string of the molecule is Cc1nc2ccncc2cc1C(=O)Nc1c(F)cccc1F. The van der Waals surface area contributed by atoms with Crippen molar-refractivity contribution in [1.82, 2.24) is 9.97 Å². The van der Waals surface area contributed by atoms with Crippen molar-refractivity contribution in [2.45, 2.75) is 6.92 Å². The van der Waals surface area contributed by atoms with E-state index in [0.29, 0.717) is 16.6 Å². The fourth-order valence-corrected chi connectivity index (χ4v) is 2.14. The molecule has 0 bridgehead atoms. The number of nitrogens with one attached hydrogen (secondary N) is 1. The van der Waals surface area contributed by atoms with Crippen molar-refractivity contribution in [2.24, 2.45) is 0 Å². The quantitative estimate of drug-likeness (QED) is 0.788. The van der Waals surface area contributed by atoms with Crippen LogP contribution in [0.3, 0.4) is 0 Å². The third kappa shape index (κ3) is 2.50. The molecule has 3 rings (SSSR count). The van der Waals surface area contributed by atoms with E-state index in [4.69, 9.17) is 0 Å². The van der Waals surface area contributed by atoms with Crippen LogP contribution in [0.1, 0.15) is 16.1 Å². The number of rotatable bonds is 2. The Kier molecular flexibility index (Phi) is 3.50. The molecule has 1 N–H and O–H groups in total. The second kappa shape index (κ2) is 5.48. The summed E-state index contributed by atoms with van der Waals surface area (Å²) in [7, 11) is 0. The predicted octanol–water partition coefficient (Wildman–Crippen LogP) is 3.47. The van der Waals surface area contributed by atoms with Gasteiger partial charge in [0.05, 0.1) is 16.8 Å². The molecule has 1 amide bonds. The number of carbonyl (C=O) groups excluding carboxylic acids is 1. The van der Waals surface area contributed by atoms with Crippen LogP contribution in [0.2, 0.25) is 0 Å². The molecule has 0 aliphatic rings. The Morgan fingerprint density at radius 3 is 2.64 bits per heavy atom. The predicted molar refractivity (Wildman–Crippen MR) is 78.6 cm³/mol. The molecule has 0 aliphatic heterocycles. The molecule has 2 aromatic heterocycles. The van der Waals surface area contributed by atoms with Crippen molar-refractivity contribution in [3.63, 3.8) is 0 Å². The van der Waals surface area contributed by atoms with Crippen molar-refractivity contribution >= 4 is 22.5 Å². The Hall–Kier alpha value is -2.89. The first-order valence-corrected chi connectivity index (χ1v) is 6.53. The van der Waals surface area contributed by atoms with Gasteiger partial charge in [-0.3, -0.25) is 14.8 Å². The summed E-state index contributed by atoms with van der Waals surface area (Å²) in [5.41, 5.74) is 0.926. The van der Waals surface area contributed by atoms with Gasteiger partial charge in [-0.05, 0) is 31.2 Å². The first-order chi connectivity index (χ1) is 10.6. The van der Waals surface area contributed by atoms with Gasteiger partial charge in [-0.25, -0.2) is 8.78 Å². The molecule has 22 heavy (non-hydrogen) atoms. The first-order valence-electron chi connectivity index (χ1n) is 6.53. The topological polar surface area (TPSA) is 54.9 Å². The van der Waals surface area contributed by atoms with Crippen LogP contribution in [-0.4, -0.2) is 15.9 Å². The maximum atomic E-state index is 13.6. The first kappa shape index (κ1) is 14.1. The maximum Gasteiger partial charge on any atom is 0.257 e. The van der Waals surface area contributed by atoms with E-state index in [9.17, 15) is 13.6 Å². The molecule has 0 atom stereocenters. The van der Waals surface area contributed by atoms with Crippen LogP contribution in [0, 0.1) is 18.6 Å². The lowest BCUT2D eigenvalue weighted by molar-refractivity contribution is 0.102. The molecule has 0 saturated carbocycles. The molecule has 3 aromatic rings. The number of benzene rings is 1. The number of amides is 1. The van der Waals surface area contributed by atoms with Crippen molar-refractivity contribution < 1.29 is 13.6 Å². The van der Waals surface area contributed by atoms with Crippen LogP contribution < -0.4 is 5.32 Å². The highest BCUT2D eigenvalue weighted by atomic mass is 19.1. The van der Waals surface area contributed by atoms with Crippen molar-refractivity contribution in [2.75, 3.05) is 5.32 Å². The summed E-state index contributed by atoms with van der Waals surface area (Å²) in [6.07, 6.45) is 3.17. The van der Waals surface area contributed by atoms with Gasteiger partial charge < -0.3 is 5.32 Å². The Morgan fingerprint density at radius 2 is 1.91 bits per heavy atom. The highest BCUT2D eigenvalue weighted by Gasteiger charge is 2.16. The van der Waals surface area contributed by atoms with Gasteiger partial charge in [0.2, 0.25) is 0 Å². The molecule has 0 radical (unpaired) electrons. The molecule has 1 aromatic carbocycles. The van der Waals surface area contributed by atoms with Gasteiger partial charge in [-0.15, -0.1) is 0 Å². The molecule has 0 fully saturated rings. The average Bonchev–Trinajstić information content (AvgIpc) is 2.50. The summed E-state index contributed by atoms with van der Waals surface area (Å²) < 4.78 is 27.2. The number of nitrogens with zero attached hydrogens (tertiary/aromatic N) is 2. The van der Waals surface area contributed by atoms with E-state index in [1.165, 1.54) is 6.07 Å². The minimum absolute atomic E-state index is 0.239. The summed E-state index contributed by atoms with van der Waals surface area (Å²) in [6, 6.07) is 6.70. The third-order valence-corrected chi connectivity index (χ3v) is 3.25. The molecule has 0 spiro atoms. The van der Waals surface area contributed by atoms with Gasteiger partial charge in [0.25, 0.3) is 5.91 Å². The molecular weight excluding hydrogens is 288 g/mol. The summed E-state index contributed by atoms with van der Waals surface area (Å²) >= 11 is 0. The zero-order valence-corrected chi connectivity index (χ0v) is 11.6. The van der Waals surface area contributed by atoms with E-state index >= 15 is 0 Å². The van der Waals surface area contributed by atoms with Crippen LogP contribution in [0.15, 0.2) is 42.7 Å². The Bertz CT molecular complexity index is 860. The standard InChI is InChI=1S/C16H11F2N3O/c1-9-11(7-10-8-19-6-5-14(10)20-9)16(22)21-15-12(17)3-2-4-13(15)18/h2-8H,1H3,(H,21,22). The number of aryl methyl sites for hydroxylation is 1. The number of pyridine rings is 2. The third-order valence-electron chi connectivity index (χ3n) is 3.25. The highest BCUT2D eigenvalue weighted by Crippen LogP contribution is 2.21. The number of hydrogen-bond donors (Lipinski definition) is 1. The number of anilines is 1. The number of hydrogen-bond acceptors (Lipinski definition) is 3. The highest BCUT2D eigenvalue weighted by molar-refractivity contribution is 6.06. The largest absolute Gasteiger partial charge is 0.317 e. The van der Waals surface area contributed by atoms with Crippen LogP contribution in [-0.2, 0) is 0 Å². The van der Waals surface area contributed by atoms with E-state index in [1.807, 2.05) is 0 Å². The fraction of sp³-hybridized carbons (Fsp3) is 0.0625. The Balaban J connectivity index is 2.00. The number of para-hydroxylation sites is 1. The van der Waals surface area contributed by atoms with Gasteiger partial charge in [0, 0.05) is 17.8 Å². The van der Waals surface area contributed by atoms with Gasteiger partial charge in [-0.2, -0.15) is 0 Å². The molecule has 6 heteroatoms. The van der Waals surface area contributed by atoms with Gasteiger partial charge >= 0.3 is 0 Å². The summed E-state index contributed by atoms with van der Waals surface area (Å²) in [6.45, 7) is 1.66. The minimum atomic E-state index is -0.832. The van der Waals surface area contributed by atoms with Crippen molar-refractivity contribution in [3.05, 3.63) is 65.6 Å². The minimum Gasteiger partial charge on any atom is -0.317 e. The van der Waals surface area contributed by atoms with E-state index in [1.54, 1.807) is 31.5 Å². The zero-order valence-electron chi connectivity index (χ0n) is 11.6. The number of carbonyl (C=O) groups is 1. The fourth-order valence-electron chi connectivity index (χ4n) is 2.14. The van der Waals surface area contributed by atoms with Gasteiger partial charge in [0.15, 0.2) is 0 Å². The lowest BCUT2D eigenvalue weighted by atomic mass is 10.1. The van der Waals surface area contributed by atoms with E-state index in [0.717, 1.165) is 12.1 Å². The van der Waals surface area contributed by atoms with Gasteiger partial charge in [-0.1, -0.05) is 6.07 Å². The smallest absolute Gasteiger partial charge is 0.257 e. The maximum absolute atomic E-state index is 13.6. The lowest BCUT2D eigenvalue weighted by Gasteiger charge is -2.10. The van der Waals surface area contributed by atoms with E-state index < -0.39 is 23.2 Å². The summed E-state index contributed by atoms with van der Waals surface area (Å²) in [5, 5.41) is 2.92. The molecule has 2 heterocycles. The second-order valence-corrected chi connectivity index (χ2v) is 4.74. The van der Waals surface area contributed by atoms with Crippen LogP contribution in [0.4, 0.5) is 14.5 Å². The number of aromatic nitrogens is 2. The van der Waals surface area contributed by atoms with Crippen molar-refractivity contribution in [1.29, 1.82) is 0 Å². The summed E-state index contributed by atoms with van der Waals surface area (Å²) in [4.78, 5) is 20.5. The molecule has 0 unspecified atom stereocenters. The van der Waals surface area contributed by atoms with E-state index in [2.05, 4.69) is 15.3 Å². The molecule has 0 aliphatic carbocycles. The van der Waals surface area contributed by atoms with Crippen molar-refractivity contribution in [3.8, 4) is 0 Å². The molecule has 0 saturated heterocycles. The Labute approximate surface area is 124 Å². The van der Waals surface area contributed by atoms with Crippen LogP contribution >= 0.6 is 0 Å². The second-order valence-electron chi connectivity index (χ2n) is 4.74. The van der Waals surface area contributed by atoms with Crippen LogP contribution in [0.5, 0.6) is 0 Å². The lowest BCUT2D eigenvalue weighted by Crippen LogP contribution is -2.16. The van der Waals surface area contributed by atoms with Gasteiger partial charge in [0.1, 0.15) is 17.3 Å². The van der Waals surface area contributed by atoms with Crippen LogP contribution in [0.25, 0.3) is 10.9 Å². The van der Waals surface area contributed by atoms with E-state index in [-0.39, 0.29) is 5.56 Å². The molecular formula is C16H11F2N3O. The number of fused-ring (bicyclic) bond motifs is 1. The number of halogens is 2. The molecule has 4 nitrogen and oxygen atoms in total. The zero-order chi connectivity index (χ0) is 15.7. The normalized spacial score (nSPS) is 10.7. The average molecular weight is 299 g/mol. The summed E-state index contributed by atoms with van der Waals surface area (Å²) in [5.74, 6) is -2.29. The monoisotopic (exact) mass is 299 g/mol. The molecule has 110 valence electrons. The Morgan fingerprint density at radius 1 is 1.18 bits per heavy atom.